The summed E-state index contributed by atoms with van der Waals surface area (Å²) in [6.07, 6.45) is -0.180. The van der Waals surface area contributed by atoms with Gasteiger partial charge in [0.1, 0.15) is 5.75 Å². The van der Waals surface area contributed by atoms with Crippen molar-refractivity contribution in [2.75, 3.05) is 0 Å². The Bertz CT molecular complexity index is 325. The molecule has 15 heavy (non-hydrogen) atoms. The average Bonchev–Trinajstić information content (AvgIpc) is 2.90. The molecule has 1 nitrogen and oxygen atoms in total. The van der Waals surface area contributed by atoms with E-state index in [9.17, 15) is 13.2 Å². The van der Waals surface area contributed by atoms with Gasteiger partial charge in [0.2, 0.25) is 0 Å². The van der Waals surface area contributed by atoms with Crippen LogP contribution in [0, 0.1) is 12.3 Å². The molecular formula is C11H10F3O. The van der Waals surface area contributed by atoms with Crippen LogP contribution in [0.25, 0.3) is 0 Å². The molecule has 1 aliphatic carbocycles. The molecule has 81 valence electrons. The zero-order valence-corrected chi connectivity index (χ0v) is 7.92. The second-order valence-electron chi connectivity index (χ2n) is 3.62. The van der Waals surface area contributed by atoms with Gasteiger partial charge in [0.15, 0.2) is 0 Å². The minimum Gasteiger partial charge on any atom is -0.406 e. The lowest BCUT2D eigenvalue weighted by Gasteiger charge is -2.08. The number of benzene rings is 1. The molecule has 0 N–H and O–H groups in total. The van der Waals surface area contributed by atoms with Gasteiger partial charge in [0.05, 0.1) is 0 Å². The lowest BCUT2D eigenvalue weighted by molar-refractivity contribution is -0.274. The lowest BCUT2D eigenvalue weighted by Crippen LogP contribution is -2.16. The molecule has 0 unspecified atom stereocenters. The fourth-order valence-electron chi connectivity index (χ4n) is 1.32. The first-order valence-corrected chi connectivity index (χ1v) is 4.74. The van der Waals surface area contributed by atoms with E-state index < -0.39 is 6.36 Å². The van der Waals surface area contributed by atoms with Crippen LogP contribution in [0.15, 0.2) is 24.3 Å². The van der Waals surface area contributed by atoms with Gasteiger partial charge in [-0.25, -0.2) is 0 Å². The quantitative estimate of drug-likeness (QED) is 0.749. The van der Waals surface area contributed by atoms with E-state index in [0.29, 0.717) is 5.92 Å². The van der Waals surface area contributed by atoms with Crippen LogP contribution < -0.4 is 4.74 Å². The number of alkyl halides is 3. The molecule has 0 spiro atoms. The van der Waals surface area contributed by atoms with E-state index in [-0.39, 0.29) is 5.75 Å². The van der Waals surface area contributed by atoms with E-state index in [2.05, 4.69) is 11.2 Å². The van der Waals surface area contributed by atoms with Gasteiger partial charge in [-0.05, 0) is 42.9 Å². The first-order chi connectivity index (χ1) is 7.03. The van der Waals surface area contributed by atoms with Crippen LogP contribution >= 0.6 is 0 Å². The second-order valence-corrected chi connectivity index (χ2v) is 3.62. The smallest absolute Gasteiger partial charge is 0.406 e. The summed E-state index contributed by atoms with van der Waals surface area (Å²) < 4.78 is 39.3. The number of ether oxygens (including phenoxy) is 1. The van der Waals surface area contributed by atoms with Crippen LogP contribution in [0.5, 0.6) is 5.75 Å². The SMILES string of the molecule is FC(F)(F)Oc1ccc([CH]C2CC2)cc1. The molecule has 0 amide bonds. The van der Waals surface area contributed by atoms with Crippen molar-refractivity contribution in [3.8, 4) is 5.75 Å². The maximum Gasteiger partial charge on any atom is 0.573 e. The molecule has 0 atom stereocenters. The summed E-state index contributed by atoms with van der Waals surface area (Å²) in [6.45, 7) is 0. The summed E-state index contributed by atoms with van der Waals surface area (Å²) in [6, 6.07) is 5.95. The van der Waals surface area contributed by atoms with Crippen molar-refractivity contribution >= 4 is 0 Å². The number of halogens is 3. The van der Waals surface area contributed by atoms with Crippen molar-refractivity contribution in [2.45, 2.75) is 19.2 Å². The Morgan fingerprint density at radius 1 is 1.13 bits per heavy atom. The highest BCUT2D eigenvalue weighted by molar-refractivity contribution is 5.32. The van der Waals surface area contributed by atoms with Crippen molar-refractivity contribution < 1.29 is 17.9 Å². The minimum atomic E-state index is -4.61. The molecule has 1 aromatic rings. The van der Waals surface area contributed by atoms with Crippen molar-refractivity contribution in [3.63, 3.8) is 0 Å². The zero-order chi connectivity index (χ0) is 10.9. The van der Waals surface area contributed by atoms with Gasteiger partial charge in [-0.15, -0.1) is 13.2 Å². The highest BCUT2D eigenvalue weighted by atomic mass is 19.4. The van der Waals surface area contributed by atoms with Gasteiger partial charge >= 0.3 is 6.36 Å². The molecule has 0 saturated heterocycles. The molecule has 1 fully saturated rings. The summed E-state index contributed by atoms with van der Waals surface area (Å²) in [5.41, 5.74) is 0.951. The average molecular weight is 215 g/mol. The van der Waals surface area contributed by atoms with E-state index in [1.54, 1.807) is 12.1 Å². The monoisotopic (exact) mass is 215 g/mol. The van der Waals surface area contributed by atoms with E-state index in [1.165, 1.54) is 25.0 Å². The molecule has 0 bridgehead atoms. The Kier molecular flexibility index (Phi) is 2.59. The summed E-state index contributed by atoms with van der Waals surface area (Å²) in [5.74, 6) is 0.440. The summed E-state index contributed by atoms with van der Waals surface area (Å²) in [7, 11) is 0. The van der Waals surface area contributed by atoms with Crippen molar-refractivity contribution in [3.05, 3.63) is 36.2 Å². The molecule has 1 aromatic carbocycles. The van der Waals surface area contributed by atoms with Crippen LogP contribution in [0.3, 0.4) is 0 Å². The molecule has 2 rings (SSSR count). The summed E-state index contributed by atoms with van der Waals surface area (Å²) in [4.78, 5) is 0. The van der Waals surface area contributed by atoms with Crippen LogP contribution in [-0.4, -0.2) is 6.36 Å². The molecule has 0 heterocycles. The Morgan fingerprint density at radius 3 is 2.20 bits per heavy atom. The molecule has 4 heteroatoms. The maximum absolute atomic E-state index is 11.8. The van der Waals surface area contributed by atoms with Gasteiger partial charge in [-0.2, -0.15) is 0 Å². The second kappa shape index (κ2) is 3.76. The number of hydrogen-bond acceptors (Lipinski definition) is 1. The third-order valence-corrected chi connectivity index (χ3v) is 2.16. The van der Waals surface area contributed by atoms with Crippen LogP contribution in [-0.2, 0) is 0 Å². The molecular weight excluding hydrogens is 205 g/mol. The molecule has 1 radical (unpaired) electrons. The normalized spacial score (nSPS) is 16.5. The van der Waals surface area contributed by atoms with Crippen LogP contribution in [0.1, 0.15) is 18.4 Å². The Hall–Kier alpha value is -1.19. The van der Waals surface area contributed by atoms with Crippen LogP contribution in [0.2, 0.25) is 0 Å². The molecule has 0 aromatic heterocycles. The van der Waals surface area contributed by atoms with Gasteiger partial charge in [-0.3, -0.25) is 0 Å². The van der Waals surface area contributed by atoms with Crippen LogP contribution in [0.4, 0.5) is 13.2 Å². The van der Waals surface area contributed by atoms with E-state index in [1.807, 2.05) is 0 Å². The fraction of sp³-hybridized carbons (Fsp3) is 0.364. The minimum absolute atomic E-state index is 0.171. The summed E-state index contributed by atoms with van der Waals surface area (Å²) in [5, 5.41) is 0. The molecule has 1 aliphatic rings. The highest BCUT2D eigenvalue weighted by Crippen LogP contribution is 2.34. The predicted octanol–water partition coefficient (Wildman–Crippen LogP) is 3.55. The third-order valence-electron chi connectivity index (χ3n) is 2.16. The van der Waals surface area contributed by atoms with Crippen molar-refractivity contribution in [2.24, 2.45) is 5.92 Å². The van der Waals surface area contributed by atoms with E-state index >= 15 is 0 Å². The predicted molar refractivity (Wildman–Crippen MR) is 49.3 cm³/mol. The largest absolute Gasteiger partial charge is 0.573 e. The maximum atomic E-state index is 11.8. The van der Waals surface area contributed by atoms with Gasteiger partial charge in [-0.1, -0.05) is 12.1 Å². The highest BCUT2D eigenvalue weighted by Gasteiger charge is 2.31. The van der Waals surface area contributed by atoms with Crippen molar-refractivity contribution in [1.29, 1.82) is 0 Å². The lowest BCUT2D eigenvalue weighted by atomic mass is 10.1. The van der Waals surface area contributed by atoms with Gasteiger partial charge in [0.25, 0.3) is 0 Å². The number of rotatable bonds is 3. The first kappa shape index (κ1) is 10.3. The van der Waals surface area contributed by atoms with E-state index in [0.717, 1.165) is 5.56 Å². The third kappa shape index (κ3) is 3.46. The van der Waals surface area contributed by atoms with Crippen molar-refractivity contribution in [1.82, 2.24) is 0 Å². The number of hydrogen-bond donors (Lipinski definition) is 0. The standard InChI is InChI=1S/C11H10F3O/c12-11(13,14)15-10-5-3-9(4-6-10)7-8-1-2-8/h3-8H,1-2H2. The molecule has 1 saturated carbocycles. The molecule has 0 aliphatic heterocycles. The van der Waals surface area contributed by atoms with E-state index in [4.69, 9.17) is 0 Å². The Labute approximate surface area is 85.9 Å². The van der Waals surface area contributed by atoms with Gasteiger partial charge < -0.3 is 4.74 Å². The summed E-state index contributed by atoms with van der Waals surface area (Å²) >= 11 is 0. The van der Waals surface area contributed by atoms with Gasteiger partial charge in [0, 0.05) is 0 Å². The fourth-order valence-corrected chi connectivity index (χ4v) is 1.32. The Morgan fingerprint density at radius 2 is 1.73 bits per heavy atom. The Balaban J connectivity index is 1.96. The topological polar surface area (TPSA) is 9.23 Å². The first-order valence-electron chi connectivity index (χ1n) is 4.74. The zero-order valence-electron chi connectivity index (χ0n) is 7.92.